The predicted octanol–water partition coefficient (Wildman–Crippen LogP) is 4.92. The number of thiazole rings is 1. The number of anilines is 2. The number of rotatable bonds is 8. The van der Waals surface area contributed by atoms with Crippen molar-refractivity contribution in [2.45, 2.75) is 13.3 Å². The topological polar surface area (TPSA) is 74.8 Å². The van der Waals surface area contributed by atoms with Crippen LogP contribution in [-0.2, 0) is 11.2 Å². The van der Waals surface area contributed by atoms with Crippen molar-refractivity contribution < 1.29 is 14.3 Å². The summed E-state index contributed by atoms with van der Waals surface area (Å²) in [5, 5.41) is 4.64. The van der Waals surface area contributed by atoms with Crippen molar-refractivity contribution in [3.63, 3.8) is 0 Å². The lowest BCUT2D eigenvalue weighted by Gasteiger charge is -2.34. The summed E-state index contributed by atoms with van der Waals surface area (Å²) in [5.74, 6) is 0.264. The van der Waals surface area contributed by atoms with E-state index in [4.69, 9.17) is 9.72 Å². The van der Waals surface area contributed by atoms with E-state index >= 15 is 0 Å². The van der Waals surface area contributed by atoms with Gasteiger partial charge in [0.1, 0.15) is 10.8 Å². The second kappa shape index (κ2) is 10.8. The first kappa shape index (κ1) is 24.4. The number of para-hydroxylation sites is 2. The number of ether oxygens (including phenoxy) is 1. The highest BCUT2D eigenvalue weighted by molar-refractivity contribution is 7.22. The SMILES string of the molecule is CCc1cc(C(=O)c2ccccc2OC)c(NC(=O)CN2CCN(c3nc4ccccc4s3)CC2)s1. The van der Waals surface area contributed by atoms with E-state index in [1.54, 1.807) is 30.6 Å². The van der Waals surface area contributed by atoms with Gasteiger partial charge in [-0.2, -0.15) is 0 Å². The number of amides is 1. The molecule has 0 atom stereocenters. The zero-order valence-corrected chi connectivity index (χ0v) is 22.0. The fourth-order valence-electron chi connectivity index (χ4n) is 4.32. The van der Waals surface area contributed by atoms with Crippen LogP contribution in [0, 0.1) is 0 Å². The number of aromatic nitrogens is 1. The van der Waals surface area contributed by atoms with Crippen molar-refractivity contribution >= 4 is 54.7 Å². The third-order valence-electron chi connectivity index (χ3n) is 6.27. The number of methoxy groups -OCH3 is 1. The Bertz CT molecular complexity index is 1360. The molecule has 4 aromatic rings. The number of aryl methyl sites for hydroxylation is 1. The molecule has 1 aliphatic rings. The molecule has 0 bridgehead atoms. The quantitative estimate of drug-likeness (QED) is 0.333. The van der Waals surface area contributed by atoms with Crippen LogP contribution in [0.1, 0.15) is 27.7 Å². The van der Waals surface area contributed by atoms with E-state index in [1.807, 2.05) is 43.3 Å². The van der Waals surface area contributed by atoms with Crippen molar-refractivity contribution in [2.75, 3.05) is 50.1 Å². The Morgan fingerprint density at radius 1 is 1.00 bits per heavy atom. The van der Waals surface area contributed by atoms with Gasteiger partial charge in [-0.15, -0.1) is 11.3 Å². The maximum absolute atomic E-state index is 13.3. The second-order valence-electron chi connectivity index (χ2n) is 8.61. The molecule has 1 fully saturated rings. The minimum atomic E-state index is -0.150. The zero-order valence-electron chi connectivity index (χ0n) is 20.3. The standard InChI is InChI=1S/C27H28N4O3S2/c1-3-18-16-20(25(33)19-8-4-6-10-22(19)34-2)26(35-18)29-24(32)17-30-12-14-31(15-13-30)27-28-21-9-5-7-11-23(21)36-27/h4-11,16H,3,12-15,17H2,1-2H3,(H,29,32). The molecule has 1 saturated heterocycles. The molecule has 0 unspecified atom stereocenters. The molecule has 1 aliphatic heterocycles. The second-order valence-corrected chi connectivity index (χ2v) is 10.8. The molecular formula is C27H28N4O3S2. The van der Waals surface area contributed by atoms with Crippen LogP contribution >= 0.6 is 22.7 Å². The van der Waals surface area contributed by atoms with Gasteiger partial charge in [-0.25, -0.2) is 4.98 Å². The number of nitrogens with zero attached hydrogens (tertiary/aromatic N) is 3. The molecule has 5 rings (SSSR count). The molecule has 36 heavy (non-hydrogen) atoms. The van der Waals surface area contributed by atoms with Crippen LogP contribution in [0.4, 0.5) is 10.1 Å². The Morgan fingerprint density at radius 2 is 1.75 bits per heavy atom. The third-order valence-corrected chi connectivity index (χ3v) is 8.57. The fourth-order valence-corrected chi connectivity index (χ4v) is 6.34. The molecule has 0 aliphatic carbocycles. The highest BCUT2D eigenvalue weighted by Gasteiger charge is 2.24. The van der Waals surface area contributed by atoms with Crippen molar-refractivity contribution in [1.82, 2.24) is 9.88 Å². The minimum absolute atomic E-state index is 0.109. The van der Waals surface area contributed by atoms with Gasteiger partial charge in [0.15, 0.2) is 10.9 Å². The van der Waals surface area contributed by atoms with Gasteiger partial charge in [0, 0.05) is 31.1 Å². The number of benzene rings is 2. The fraction of sp³-hybridized carbons (Fsp3) is 0.296. The van der Waals surface area contributed by atoms with Crippen LogP contribution in [0.25, 0.3) is 10.2 Å². The van der Waals surface area contributed by atoms with Gasteiger partial charge in [0.25, 0.3) is 0 Å². The van der Waals surface area contributed by atoms with Crippen LogP contribution in [0.15, 0.2) is 54.6 Å². The lowest BCUT2D eigenvalue weighted by molar-refractivity contribution is -0.117. The maximum atomic E-state index is 13.3. The van der Waals surface area contributed by atoms with Gasteiger partial charge in [-0.1, -0.05) is 42.5 Å². The van der Waals surface area contributed by atoms with Crippen molar-refractivity contribution in [1.29, 1.82) is 0 Å². The predicted molar refractivity (Wildman–Crippen MR) is 147 cm³/mol. The highest BCUT2D eigenvalue weighted by Crippen LogP contribution is 2.33. The van der Waals surface area contributed by atoms with Gasteiger partial charge < -0.3 is 15.0 Å². The molecule has 186 valence electrons. The van der Waals surface area contributed by atoms with Crippen LogP contribution in [0.3, 0.4) is 0 Å². The first-order valence-corrected chi connectivity index (χ1v) is 13.6. The summed E-state index contributed by atoms with van der Waals surface area (Å²) < 4.78 is 6.57. The average molecular weight is 521 g/mol. The number of piperazine rings is 1. The average Bonchev–Trinajstić information content (AvgIpc) is 3.52. The Kier molecular flexibility index (Phi) is 7.31. The Hall–Kier alpha value is -3.27. The van der Waals surface area contributed by atoms with Crippen LogP contribution < -0.4 is 15.0 Å². The normalized spacial score (nSPS) is 14.2. The van der Waals surface area contributed by atoms with Gasteiger partial charge >= 0.3 is 0 Å². The first-order valence-electron chi connectivity index (χ1n) is 12.0. The smallest absolute Gasteiger partial charge is 0.239 e. The van der Waals surface area contributed by atoms with Crippen LogP contribution in [0.5, 0.6) is 5.75 Å². The molecular weight excluding hydrogens is 492 g/mol. The van der Waals surface area contributed by atoms with Gasteiger partial charge in [0.2, 0.25) is 5.91 Å². The van der Waals surface area contributed by atoms with Crippen molar-refractivity contribution in [3.8, 4) is 5.75 Å². The maximum Gasteiger partial charge on any atom is 0.239 e. The van der Waals surface area contributed by atoms with E-state index in [0.717, 1.165) is 48.1 Å². The zero-order chi connectivity index (χ0) is 25.1. The van der Waals surface area contributed by atoms with E-state index in [9.17, 15) is 9.59 Å². The Morgan fingerprint density at radius 3 is 2.50 bits per heavy atom. The Balaban J connectivity index is 1.23. The van der Waals surface area contributed by atoms with Crippen LogP contribution in [-0.4, -0.2) is 61.4 Å². The summed E-state index contributed by atoms with van der Waals surface area (Å²) in [6.45, 7) is 5.53. The number of carbonyl (C=O) groups is 2. The molecule has 1 N–H and O–H groups in total. The summed E-state index contributed by atoms with van der Waals surface area (Å²) >= 11 is 3.17. The summed E-state index contributed by atoms with van der Waals surface area (Å²) in [4.78, 5) is 36.6. The van der Waals surface area contributed by atoms with Crippen molar-refractivity contribution in [3.05, 3.63) is 70.6 Å². The number of hydrogen-bond donors (Lipinski definition) is 1. The van der Waals surface area contributed by atoms with E-state index in [0.29, 0.717) is 21.9 Å². The molecule has 3 heterocycles. The van der Waals surface area contributed by atoms with E-state index in [2.05, 4.69) is 21.2 Å². The van der Waals surface area contributed by atoms with Crippen molar-refractivity contribution in [2.24, 2.45) is 0 Å². The molecule has 0 saturated carbocycles. The minimum Gasteiger partial charge on any atom is -0.496 e. The largest absolute Gasteiger partial charge is 0.496 e. The number of ketones is 1. The summed E-state index contributed by atoms with van der Waals surface area (Å²) in [6, 6.07) is 17.2. The third kappa shape index (κ3) is 5.13. The number of thiophene rings is 1. The summed E-state index contributed by atoms with van der Waals surface area (Å²) in [6.07, 6.45) is 0.792. The van der Waals surface area contributed by atoms with E-state index in [1.165, 1.54) is 16.0 Å². The molecule has 7 nitrogen and oxygen atoms in total. The molecule has 0 spiro atoms. The first-order chi connectivity index (χ1) is 17.6. The summed E-state index contributed by atoms with van der Waals surface area (Å²) in [5.41, 5.74) is 2.03. The number of fused-ring (bicyclic) bond motifs is 1. The monoisotopic (exact) mass is 520 g/mol. The number of carbonyl (C=O) groups excluding carboxylic acids is 2. The van der Waals surface area contributed by atoms with Gasteiger partial charge in [-0.05, 0) is 36.8 Å². The van der Waals surface area contributed by atoms with Gasteiger partial charge in [-0.3, -0.25) is 14.5 Å². The highest BCUT2D eigenvalue weighted by atomic mass is 32.1. The molecule has 0 radical (unpaired) electrons. The van der Waals surface area contributed by atoms with Crippen LogP contribution in [0.2, 0.25) is 0 Å². The lowest BCUT2D eigenvalue weighted by Crippen LogP contribution is -2.48. The summed E-state index contributed by atoms with van der Waals surface area (Å²) in [7, 11) is 1.55. The number of hydrogen-bond acceptors (Lipinski definition) is 8. The van der Waals surface area contributed by atoms with Gasteiger partial charge in [0.05, 0.1) is 35.0 Å². The molecule has 1 amide bonds. The molecule has 2 aromatic carbocycles. The lowest BCUT2D eigenvalue weighted by atomic mass is 10.0. The Labute approximate surface area is 218 Å². The molecule has 9 heteroatoms. The molecule has 2 aromatic heterocycles. The van der Waals surface area contributed by atoms with E-state index < -0.39 is 0 Å². The van der Waals surface area contributed by atoms with E-state index in [-0.39, 0.29) is 18.2 Å². The number of nitrogens with one attached hydrogen (secondary N) is 1.